The maximum Gasteiger partial charge on any atom is 0.225 e. The Labute approximate surface area is 147 Å². The number of carbonyl (C=O) groups is 1. The molecule has 6 heteroatoms. The molecule has 24 heavy (non-hydrogen) atoms. The Morgan fingerprint density at radius 2 is 2.04 bits per heavy atom. The summed E-state index contributed by atoms with van der Waals surface area (Å²) in [4.78, 5) is 21.2. The van der Waals surface area contributed by atoms with Crippen LogP contribution in [0.1, 0.15) is 32.2 Å². The molecule has 1 aromatic carbocycles. The van der Waals surface area contributed by atoms with Crippen LogP contribution < -0.4 is 4.90 Å². The number of hydrogen-bond donors (Lipinski definition) is 0. The lowest BCUT2D eigenvalue weighted by Gasteiger charge is -2.40. The van der Waals surface area contributed by atoms with Crippen molar-refractivity contribution in [1.82, 2.24) is 14.3 Å². The molecule has 0 unspecified atom stereocenters. The van der Waals surface area contributed by atoms with E-state index in [2.05, 4.69) is 28.3 Å². The highest BCUT2D eigenvalue weighted by Gasteiger charge is 2.29. The van der Waals surface area contributed by atoms with E-state index in [-0.39, 0.29) is 17.9 Å². The second kappa shape index (κ2) is 7.30. The third kappa shape index (κ3) is 3.75. The fourth-order valence-electron chi connectivity index (χ4n) is 3.01. The highest BCUT2D eigenvalue weighted by atomic mass is 32.1. The SMILES string of the molecule is CC(C)C(=O)N1CCN(c2nc(Cc3ccccc3)ns2)C[C@@H]1C. The summed E-state index contributed by atoms with van der Waals surface area (Å²) >= 11 is 1.45. The molecule has 0 radical (unpaired) electrons. The Morgan fingerprint density at radius 1 is 1.29 bits per heavy atom. The van der Waals surface area contributed by atoms with Gasteiger partial charge in [0.15, 0.2) is 0 Å². The topological polar surface area (TPSA) is 49.3 Å². The van der Waals surface area contributed by atoms with Gasteiger partial charge >= 0.3 is 0 Å². The first-order valence-electron chi connectivity index (χ1n) is 8.46. The van der Waals surface area contributed by atoms with Crippen molar-refractivity contribution in [2.24, 2.45) is 5.92 Å². The Hall–Kier alpha value is -1.95. The van der Waals surface area contributed by atoms with Gasteiger partial charge in [0.25, 0.3) is 0 Å². The summed E-state index contributed by atoms with van der Waals surface area (Å²) in [6, 6.07) is 10.5. The zero-order chi connectivity index (χ0) is 17.1. The molecule has 1 aliphatic heterocycles. The quantitative estimate of drug-likeness (QED) is 0.856. The zero-order valence-electron chi connectivity index (χ0n) is 14.5. The average molecular weight is 344 g/mol. The molecule has 1 atom stereocenters. The van der Waals surface area contributed by atoms with Crippen LogP contribution in [-0.4, -0.2) is 45.8 Å². The largest absolute Gasteiger partial charge is 0.343 e. The van der Waals surface area contributed by atoms with Crippen molar-refractivity contribution < 1.29 is 4.79 Å². The van der Waals surface area contributed by atoms with Crippen molar-refractivity contribution in [2.45, 2.75) is 33.2 Å². The molecule has 1 aromatic heterocycles. The van der Waals surface area contributed by atoms with Gasteiger partial charge in [-0.25, -0.2) is 4.98 Å². The minimum absolute atomic E-state index is 0.0537. The first-order valence-corrected chi connectivity index (χ1v) is 9.24. The van der Waals surface area contributed by atoms with Crippen LogP contribution in [0.15, 0.2) is 30.3 Å². The molecule has 1 aliphatic rings. The molecule has 0 saturated carbocycles. The Kier molecular flexibility index (Phi) is 5.14. The van der Waals surface area contributed by atoms with E-state index >= 15 is 0 Å². The van der Waals surface area contributed by atoms with Crippen molar-refractivity contribution in [3.8, 4) is 0 Å². The Balaban J connectivity index is 1.63. The molecule has 0 spiro atoms. The minimum Gasteiger partial charge on any atom is -0.343 e. The molecule has 0 aliphatic carbocycles. The zero-order valence-corrected chi connectivity index (χ0v) is 15.3. The van der Waals surface area contributed by atoms with E-state index in [0.29, 0.717) is 0 Å². The average Bonchev–Trinajstić information content (AvgIpc) is 3.03. The standard InChI is InChI=1S/C18H24N4OS/c1-13(2)17(23)22-10-9-21(12-14(22)3)18-19-16(20-24-18)11-15-7-5-4-6-8-15/h4-8,13-14H,9-12H2,1-3H3/t14-/m0/s1. The summed E-state index contributed by atoms with van der Waals surface area (Å²) in [6.45, 7) is 8.43. The van der Waals surface area contributed by atoms with Crippen LogP contribution in [0.2, 0.25) is 0 Å². The van der Waals surface area contributed by atoms with Gasteiger partial charge in [-0.2, -0.15) is 4.37 Å². The molecule has 5 nitrogen and oxygen atoms in total. The van der Waals surface area contributed by atoms with E-state index < -0.39 is 0 Å². The molecule has 2 aromatic rings. The second-order valence-electron chi connectivity index (χ2n) is 6.64. The van der Waals surface area contributed by atoms with Crippen LogP contribution in [0.3, 0.4) is 0 Å². The molecule has 3 rings (SSSR count). The number of aromatic nitrogens is 2. The molecule has 1 fully saturated rings. The number of rotatable bonds is 4. The molecule has 1 amide bonds. The summed E-state index contributed by atoms with van der Waals surface area (Å²) in [7, 11) is 0. The van der Waals surface area contributed by atoms with Crippen molar-refractivity contribution >= 4 is 22.6 Å². The highest BCUT2D eigenvalue weighted by molar-refractivity contribution is 7.09. The van der Waals surface area contributed by atoms with Gasteiger partial charge in [-0.3, -0.25) is 4.79 Å². The predicted octanol–water partition coefficient (Wildman–Crippen LogP) is 2.82. The fourth-order valence-corrected chi connectivity index (χ4v) is 3.73. The number of carbonyl (C=O) groups excluding carboxylic acids is 1. The van der Waals surface area contributed by atoms with Crippen LogP contribution in [0.4, 0.5) is 5.13 Å². The molecule has 0 bridgehead atoms. The molecular formula is C18H24N4OS. The van der Waals surface area contributed by atoms with Gasteiger partial charge in [-0.1, -0.05) is 44.2 Å². The van der Waals surface area contributed by atoms with E-state index in [4.69, 9.17) is 4.98 Å². The van der Waals surface area contributed by atoms with Gasteiger partial charge in [0.1, 0.15) is 5.82 Å². The first-order chi connectivity index (χ1) is 11.5. The predicted molar refractivity (Wildman–Crippen MR) is 97.4 cm³/mol. The summed E-state index contributed by atoms with van der Waals surface area (Å²) in [5, 5.41) is 0.962. The summed E-state index contributed by atoms with van der Waals surface area (Å²) in [5.41, 5.74) is 1.22. The summed E-state index contributed by atoms with van der Waals surface area (Å²) in [5.74, 6) is 1.16. The Bertz CT molecular complexity index is 685. The lowest BCUT2D eigenvalue weighted by molar-refractivity contribution is -0.136. The van der Waals surface area contributed by atoms with Crippen LogP contribution >= 0.6 is 11.5 Å². The lowest BCUT2D eigenvalue weighted by atomic mass is 10.1. The highest BCUT2D eigenvalue weighted by Crippen LogP contribution is 2.23. The van der Waals surface area contributed by atoms with E-state index in [1.54, 1.807) is 0 Å². The first kappa shape index (κ1) is 16.9. The van der Waals surface area contributed by atoms with E-state index in [9.17, 15) is 4.79 Å². The number of anilines is 1. The second-order valence-corrected chi connectivity index (χ2v) is 7.37. The summed E-state index contributed by atoms with van der Waals surface area (Å²) < 4.78 is 4.50. The van der Waals surface area contributed by atoms with Gasteiger partial charge in [-0.15, -0.1) is 0 Å². The van der Waals surface area contributed by atoms with Crippen molar-refractivity contribution in [1.29, 1.82) is 0 Å². The van der Waals surface area contributed by atoms with E-state index in [1.807, 2.05) is 36.9 Å². The summed E-state index contributed by atoms with van der Waals surface area (Å²) in [6.07, 6.45) is 0.763. The van der Waals surface area contributed by atoms with Crippen molar-refractivity contribution in [3.05, 3.63) is 41.7 Å². The van der Waals surface area contributed by atoms with Crippen LogP contribution in [0.5, 0.6) is 0 Å². The van der Waals surface area contributed by atoms with Gasteiger partial charge in [0, 0.05) is 49.5 Å². The normalized spacial score (nSPS) is 18.2. The van der Waals surface area contributed by atoms with Crippen molar-refractivity contribution in [3.63, 3.8) is 0 Å². The van der Waals surface area contributed by atoms with Crippen molar-refractivity contribution in [2.75, 3.05) is 24.5 Å². The van der Waals surface area contributed by atoms with Crippen LogP contribution in [-0.2, 0) is 11.2 Å². The molecule has 128 valence electrons. The fraction of sp³-hybridized carbons (Fsp3) is 0.500. The third-order valence-electron chi connectivity index (χ3n) is 4.34. The molecule has 0 N–H and O–H groups in total. The molecule has 1 saturated heterocycles. The third-order valence-corrected chi connectivity index (χ3v) is 5.15. The van der Waals surface area contributed by atoms with Gasteiger partial charge in [0.2, 0.25) is 11.0 Å². The minimum atomic E-state index is 0.0537. The maximum absolute atomic E-state index is 12.2. The molecular weight excluding hydrogens is 320 g/mol. The van der Waals surface area contributed by atoms with E-state index in [1.165, 1.54) is 17.1 Å². The van der Waals surface area contributed by atoms with Gasteiger partial charge in [-0.05, 0) is 12.5 Å². The monoisotopic (exact) mass is 344 g/mol. The molecule has 2 heterocycles. The maximum atomic E-state index is 12.2. The smallest absolute Gasteiger partial charge is 0.225 e. The van der Waals surface area contributed by atoms with E-state index in [0.717, 1.165) is 37.0 Å². The number of piperazine rings is 1. The lowest BCUT2D eigenvalue weighted by Crippen LogP contribution is -2.55. The van der Waals surface area contributed by atoms with Crippen LogP contribution in [0.25, 0.3) is 0 Å². The van der Waals surface area contributed by atoms with Gasteiger partial charge in [0.05, 0.1) is 0 Å². The number of amides is 1. The van der Waals surface area contributed by atoms with Gasteiger partial charge < -0.3 is 9.80 Å². The number of hydrogen-bond acceptors (Lipinski definition) is 5. The number of benzene rings is 1. The van der Waals surface area contributed by atoms with Crippen LogP contribution in [0, 0.1) is 5.92 Å². The Morgan fingerprint density at radius 3 is 2.71 bits per heavy atom. The number of nitrogens with zero attached hydrogens (tertiary/aromatic N) is 4.